The van der Waals surface area contributed by atoms with Crippen molar-refractivity contribution in [1.29, 1.82) is 0 Å². The van der Waals surface area contributed by atoms with Gasteiger partial charge in [-0.05, 0) is 56.4 Å². The highest BCUT2D eigenvalue weighted by atomic mass is 32.2. The number of nitrogens with one attached hydrogen (secondary N) is 1. The smallest absolute Gasteiger partial charge is 0.338 e. The zero-order valence-corrected chi connectivity index (χ0v) is 16.7. The number of ketones is 1. The van der Waals surface area contributed by atoms with E-state index in [0.29, 0.717) is 11.3 Å². The fraction of sp³-hybridized carbons (Fsp3) is 0.263. The number of carbonyl (C=O) groups is 2. The summed E-state index contributed by atoms with van der Waals surface area (Å²) < 4.78 is 41.7. The van der Waals surface area contributed by atoms with Crippen molar-refractivity contribution < 1.29 is 32.2 Å². The molecule has 0 amide bonds. The van der Waals surface area contributed by atoms with Crippen molar-refractivity contribution in [2.45, 2.75) is 17.9 Å². The molecule has 0 fully saturated rings. The molecule has 0 saturated heterocycles. The average molecular weight is 407 g/mol. The van der Waals surface area contributed by atoms with E-state index in [4.69, 9.17) is 14.2 Å². The lowest BCUT2D eigenvalue weighted by molar-refractivity contribution is 0.0318. The van der Waals surface area contributed by atoms with Crippen LogP contribution in [0.4, 0.5) is 0 Å². The Labute approximate surface area is 163 Å². The van der Waals surface area contributed by atoms with Crippen LogP contribution in [0.1, 0.15) is 27.6 Å². The third kappa shape index (κ3) is 4.68. The summed E-state index contributed by atoms with van der Waals surface area (Å²) in [5, 5.41) is 0. The van der Waals surface area contributed by atoms with E-state index in [1.807, 2.05) is 0 Å². The van der Waals surface area contributed by atoms with Crippen LogP contribution >= 0.6 is 0 Å². The molecule has 9 heteroatoms. The first-order valence-electron chi connectivity index (χ1n) is 8.24. The SMILES string of the molecule is CNS(=O)(=O)c1cc(C(=O)O[C@@H](C)C(=O)c2ccc(OC)cc2)ccc1OC. The largest absolute Gasteiger partial charge is 0.497 e. The topological polar surface area (TPSA) is 108 Å². The van der Waals surface area contributed by atoms with Gasteiger partial charge in [-0.25, -0.2) is 17.9 Å². The van der Waals surface area contributed by atoms with E-state index in [1.165, 1.54) is 40.3 Å². The highest BCUT2D eigenvalue weighted by molar-refractivity contribution is 7.89. The molecular weight excluding hydrogens is 386 g/mol. The molecular formula is C19H21NO7S. The summed E-state index contributed by atoms with van der Waals surface area (Å²) in [6, 6.07) is 10.2. The third-order valence-electron chi connectivity index (χ3n) is 3.99. The molecule has 150 valence electrons. The van der Waals surface area contributed by atoms with E-state index in [2.05, 4.69) is 4.72 Å². The number of Topliss-reactive ketones (excluding diaryl/α,β-unsaturated/α-hetero) is 1. The lowest BCUT2D eigenvalue weighted by Crippen LogP contribution is -2.25. The Morgan fingerprint density at radius 2 is 1.57 bits per heavy atom. The Balaban J connectivity index is 2.21. The Bertz CT molecular complexity index is 968. The molecule has 0 spiro atoms. The van der Waals surface area contributed by atoms with Gasteiger partial charge in [-0.2, -0.15) is 0 Å². The predicted octanol–water partition coefficient (Wildman–Crippen LogP) is 2.04. The van der Waals surface area contributed by atoms with Crippen LogP contribution in [0, 0.1) is 0 Å². The van der Waals surface area contributed by atoms with Gasteiger partial charge in [0.05, 0.1) is 19.8 Å². The van der Waals surface area contributed by atoms with Crippen LogP contribution in [-0.2, 0) is 14.8 Å². The van der Waals surface area contributed by atoms with Crippen LogP contribution < -0.4 is 14.2 Å². The number of ether oxygens (including phenoxy) is 3. The Morgan fingerprint density at radius 3 is 2.11 bits per heavy atom. The zero-order chi connectivity index (χ0) is 20.9. The van der Waals surface area contributed by atoms with Crippen molar-refractivity contribution >= 4 is 21.8 Å². The van der Waals surface area contributed by atoms with Crippen LogP contribution in [0.15, 0.2) is 47.4 Å². The molecule has 1 N–H and O–H groups in total. The Kier molecular flexibility index (Phi) is 6.76. The van der Waals surface area contributed by atoms with E-state index in [-0.39, 0.29) is 16.2 Å². The van der Waals surface area contributed by atoms with Crippen LogP contribution in [0.3, 0.4) is 0 Å². The number of carbonyl (C=O) groups excluding carboxylic acids is 2. The highest BCUT2D eigenvalue weighted by Crippen LogP contribution is 2.25. The minimum Gasteiger partial charge on any atom is -0.497 e. The Hall–Kier alpha value is -2.91. The summed E-state index contributed by atoms with van der Waals surface area (Å²) >= 11 is 0. The van der Waals surface area contributed by atoms with Crippen LogP contribution in [0.25, 0.3) is 0 Å². The maximum Gasteiger partial charge on any atom is 0.338 e. The maximum absolute atomic E-state index is 12.4. The molecule has 0 aliphatic heterocycles. The molecule has 0 saturated carbocycles. The number of esters is 1. The first kappa shape index (κ1) is 21.4. The first-order chi connectivity index (χ1) is 13.2. The molecule has 2 aromatic rings. The van der Waals surface area contributed by atoms with E-state index in [9.17, 15) is 18.0 Å². The molecule has 0 aromatic heterocycles. The van der Waals surface area contributed by atoms with Crippen LogP contribution in [0.5, 0.6) is 11.5 Å². The van der Waals surface area contributed by atoms with Crippen molar-refractivity contribution in [3.63, 3.8) is 0 Å². The monoisotopic (exact) mass is 407 g/mol. The first-order valence-corrected chi connectivity index (χ1v) is 9.72. The Morgan fingerprint density at radius 1 is 0.964 bits per heavy atom. The van der Waals surface area contributed by atoms with Crippen molar-refractivity contribution in [2.24, 2.45) is 0 Å². The fourth-order valence-electron chi connectivity index (χ4n) is 2.40. The van der Waals surface area contributed by atoms with Gasteiger partial charge in [0.2, 0.25) is 15.8 Å². The number of rotatable bonds is 8. The van der Waals surface area contributed by atoms with E-state index >= 15 is 0 Å². The van der Waals surface area contributed by atoms with Gasteiger partial charge < -0.3 is 14.2 Å². The molecule has 0 aliphatic rings. The molecule has 0 aliphatic carbocycles. The summed E-state index contributed by atoms with van der Waals surface area (Å²) in [4.78, 5) is 24.6. The second kappa shape index (κ2) is 8.85. The number of benzene rings is 2. The second-order valence-corrected chi connectivity index (χ2v) is 7.57. The van der Waals surface area contributed by atoms with Gasteiger partial charge >= 0.3 is 5.97 Å². The fourth-order valence-corrected chi connectivity index (χ4v) is 3.31. The lowest BCUT2D eigenvalue weighted by atomic mass is 10.1. The summed E-state index contributed by atoms with van der Waals surface area (Å²) in [7, 11) is 0.222. The molecule has 28 heavy (non-hydrogen) atoms. The normalized spacial score (nSPS) is 12.1. The average Bonchev–Trinajstić information content (AvgIpc) is 2.72. The van der Waals surface area contributed by atoms with Crippen molar-refractivity contribution in [3.8, 4) is 11.5 Å². The summed E-state index contributed by atoms with van der Waals surface area (Å²) in [6.07, 6.45) is -1.06. The standard InChI is InChI=1S/C19H21NO7S/c1-12(18(21)13-5-8-15(25-3)9-6-13)27-19(22)14-7-10-16(26-4)17(11-14)28(23,24)20-2/h5-12,20H,1-4H3/t12-/m0/s1. The number of methoxy groups -OCH3 is 2. The quantitative estimate of drug-likeness (QED) is 0.527. The van der Waals surface area contributed by atoms with Gasteiger partial charge in [0.15, 0.2) is 6.10 Å². The molecule has 2 rings (SSSR count). The van der Waals surface area contributed by atoms with Gasteiger partial charge in [0.1, 0.15) is 16.4 Å². The molecule has 0 heterocycles. The van der Waals surface area contributed by atoms with Gasteiger partial charge in [0.25, 0.3) is 0 Å². The molecule has 0 unspecified atom stereocenters. The zero-order valence-electron chi connectivity index (χ0n) is 15.9. The second-order valence-electron chi connectivity index (χ2n) is 5.71. The van der Waals surface area contributed by atoms with Crippen molar-refractivity contribution in [3.05, 3.63) is 53.6 Å². The number of hydrogen-bond acceptors (Lipinski definition) is 7. The van der Waals surface area contributed by atoms with E-state index in [0.717, 1.165) is 6.07 Å². The van der Waals surface area contributed by atoms with Crippen LogP contribution in [-0.4, -0.2) is 47.5 Å². The third-order valence-corrected chi connectivity index (χ3v) is 5.42. The summed E-state index contributed by atoms with van der Waals surface area (Å²) in [6.45, 7) is 1.44. The maximum atomic E-state index is 12.4. The number of hydrogen-bond donors (Lipinski definition) is 1. The van der Waals surface area contributed by atoms with Gasteiger partial charge in [-0.1, -0.05) is 0 Å². The lowest BCUT2D eigenvalue weighted by Gasteiger charge is -2.14. The summed E-state index contributed by atoms with van der Waals surface area (Å²) in [5.74, 6) is -0.553. The van der Waals surface area contributed by atoms with E-state index < -0.39 is 27.9 Å². The van der Waals surface area contributed by atoms with Gasteiger partial charge in [-0.3, -0.25) is 4.79 Å². The van der Waals surface area contributed by atoms with Crippen LogP contribution in [0.2, 0.25) is 0 Å². The van der Waals surface area contributed by atoms with Gasteiger partial charge in [0, 0.05) is 5.56 Å². The van der Waals surface area contributed by atoms with E-state index in [1.54, 1.807) is 24.3 Å². The van der Waals surface area contributed by atoms with Crippen molar-refractivity contribution in [2.75, 3.05) is 21.3 Å². The minimum atomic E-state index is -3.85. The molecule has 8 nitrogen and oxygen atoms in total. The molecule has 1 atom stereocenters. The number of sulfonamides is 1. The highest BCUT2D eigenvalue weighted by Gasteiger charge is 2.24. The molecule has 0 bridgehead atoms. The predicted molar refractivity (Wildman–Crippen MR) is 101 cm³/mol. The molecule has 2 aromatic carbocycles. The van der Waals surface area contributed by atoms with Crippen molar-refractivity contribution in [1.82, 2.24) is 4.72 Å². The summed E-state index contributed by atoms with van der Waals surface area (Å²) in [5.41, 5.74) is 0.332. The molecule has 0 radical (unpaired) electrons. The minimum absolute atomic E-state index is 0.0241. The van der Waals surface area contributed by atoms with Gasteiger partial charge in [-0.15, -0.1) is 0 Å².